The molecule has 2 N–H and O–H groups in total. The van der Waals surface area contributed by atoms with Crippen LogP contribution in [0.4, 0.5) is 0 Å². The Labute approximate surface area is 152 Å². The third kappa shape index (κ3) is 3.92. The standard InChI is InChI=1S/C20H23N3O3/c1-3-23(4-2)12-11-14-5-7-15(8-6-14)20-21-17-13-16(19(24)22-25)9-10-18(17)26-20/h5-10,13,25H,3-4,11-12H2,1-2H3,(H,22,24). The van der Waals surface area contributed by atoms with Crippen molar-refractivity contribution in [3.05, 3.63) is 53.6 Å². The van der Waals surface area contributed by atoms with E-state index in [0.29, 0.717) is 22.6 Å². The van der Waals surface area contributed by atoms with Crippen molar-refractivity contribution < 1.29 is 14.4 Å². The van der Waals surface area contributed by atoms with Crippen molar-refractivity contribution in [1.82, 2.24) is 15.4 Å². The van der Waals surface area contributed by atoms with Crippen molar-refractivity contribution >= 4 is 17.0 Å². The Bertz CT molecular complexity index is 883. The molecule has 0 unspecified atom stereocenters. The molecule has 0 bridgehead atoms. The van der Waals surface area contributed by atoms with Crippen LogP contribution in [0.2, 0.25) is 0 Å². The summed E-state index contributed by atoms with van der Waals surface area (Å²) in [6, 6.07) is 13.0. The maximum Gasteiger partial charge on any atom is 0.274 e. The van der Waals surface area contributed by atoms with Crippen LogP contribution in [0.1, 0.15) is 29.8 Å². The number of carbonyl (C=O) groups excluding carboxylic acids is 1. The van der Waals surface area contributed by atoms with Crippen molar-refractivity contribution in [2.45, 2.75) is 20.3 Å². The van der Waals surface area contributed by atoms with Gasteiger partial charge in [-0.3, -0.25) is 10.0 Å². The zero-order valence-electron chi connectivity index (χ0n) is 15.0. The summed E-state index contributed by atoms with van der Waals surface area (Å²) in [6.07, 6.45) is 1.01. The molecule has 0 atom stereocenters. The summed E-state index contributed by atoms with van der Waals surface area (Å²) in [5.41, 5.74) is 5.28. The van der Waals surface area contributed by atoms with Gasteiger partial charge in [-0.2, -0.15) is 0 Å². The van der Waals surface area contributed by atoms with Crippen LogP contribution >= 0.6 is 0 Å². The number of nitrogens with zero attached hydrogens (tertiary/aromatic N) is 2. The Morgan fingerprint density at radius 3 is 2.54 bits per heavy atom. The van der Waals surface area contributed by atoms with Gasteiger partial charge in [-0.1, -0.05) is 26.0 Å². The molecule has 0 aliphatic heterocycles. The summed E-state index contributed by atoms with van der Waals surface area (Å²) in [6.45, 7) is 7.53. The molecule has 3 rings (SSSR count). The van der Waals surface area contributed by atoms with E-state index in [1.165, 1.54) is 5.56 Å². The zero-order valence-corrected chi connectivity index (χ0v) is 15.0. The van der Waals surface area contributed by atoms with Gasteiger partial charge in [0.2, 0.25) is 5.89 Å². The number of aromatic nitrogens is 1. The van der Waals surface area contributed by atoms with Crippen LogP contribution in [0.3, 0.4) is 0 Å². The largest absolute Gasteiger partial charge is 0.436 e. The number of fused-ring (bicyclic) bond motifs is 1. The van der Waals surface area contributed by atoms with Gasteiger partial charge >= 0.3 is 0 Å². The van der Waals surface area contributed by atoms with Crippen molar-refractivity contribution in [3.8, 4) is 11.5 Å². The average Bonchev–Trinajstić information content (AvgIpc) is 3.12. The quantitative estimate of drug-likeness (QED) is 0.502. The molecule has 6 heteroatoms. The minimum absolute atomic E-state index is 0.326. The first-order valence-corrected chi connectivity index (χ1v) is 8.81. The summed E-state index contributed by atoms with van der Waals surface area (Å²) in [4.78, 5) is 18.4. The van der Waals surface area contributed by atoms with Crippen LogP contribution < -0.4 is 5.48 Å². The fraction of sp³-hybridized carbons (Fsp3) is 0.300. The second-order valence-corrected chi connectivity index (χ2v) is 6.12. The van der Waals surface area contributed by atoms with E-state index >= 15 is 0 Å². The minimum atomic E-state index is -0.575. The number of carbonyl (C=O) groups is 1. The number of nitrogens with one attached hydrogen (secondary N) is 1. The predicted molar refractivity (Wildman–Crippen MR) is 100 cm³/mol. The number of amides is 1. The topological polar surface area (TPSA) is 78.6 Å². The first kappa shape index (κ1) is 18.1. The van der Waals surface area contributed by atoms with Crippen LogP contribution in [0.5, 0.6) is 0 Å². The van der Waals surface area contributed by atoms with Gasteiger partial charge in [-0.05, 0) is 55.4 Å². The summed E-state index contributed by atoms with van der Waals surface area (Å²) < 4.78 is 5.78. The number of benzene rings is 2. The van der Waals surface area contributed by atoms with Gasteiger partial charge in [-0.25, -0.2) is 10.5 Å². The Kier molecular flexibility index (Phi) is 5.65. The lowest BCUT2D eigenvalue weighted by molar-refractivity contribution is 0.0706. The van der Waals surface area contributed by atoms with Crippen molar-refractivity contribution in [2.24, 2.45) is 0 Å². The molecule has 0 radical (unpaired) electrons. The Morgan fingerprint density at radius 2 is 1.88 bits per heavy atom. The molecule has 26 heavy (non-hydrogen) atoms. The summed E-state index contributed by atoms with van der Waals surface area (Å²) in [7, 11) is 0. The van der Waals surface area contributed by atoms with E-state index in [2.05, 4.69) is 35.9 Å². The number of hydrogen-bond acceptors (Lipinski definition) is 5. The summed E-state index contributed by atoms with van der Waals surface area (Å²) >= 11 is 0. The fourth-order valence-electron chi connectivity index (χ4n) is 2.90. The van der Waals surface area contributed by atoms with Crippen LogP contribution in [0.15, 0.2) is 46.9 Å². The number of likely N-dealkylation sites (N-methyl/N-ethyl adjacent to an activating group) is 1. The van der Waals surface area contributed by atoms with E-state index in [9.17, 15) is 4.79 Å². The van der Waals surface area contributed by atoms with E-state index in [1.807, 2.05) is 12.1 Å². The van der Waals surface area contributed by atoms with Gasteiger partial charge in [0.05, 0.1) is 0 Å². The van der Waals surface area contributed by atoms with Crippen LogP contribution in [-0.4, -0.2) is 40.6 Å². The zero-order chi connectivity index (χ0) is 18.5. The molecule has 1 amide bonds. The minimum Gasteiger partial charge on any atom is -0.436 e. The van der Waals surface area contributed by atoms with Crippen molar-refractivity contribution in [1.29, 1.82) is 0 Å². The first-order valence-electron chi connectivity index (χ1n) is 8.81. The average molecular weight is 353 g/mol. The SMILES string of the molecule is CCN(CC)CCc1ccc(-c2nc3cc(C(=O)NO)ccc3o2)cc1. The molecule has 2 aromatic carbocycles. The Morgan fingerprint density at radius 1 is 1.15 bits per heavy atom. The molecule has 0 aliphatic rings. The first-order chi connectivity index (χ1) is 12.6. The van der Waals surface area contributed by atoms with E-state index in [1.54, 1.807) is 23.7 Å². The van der Waals surface area contributed by atoms with Gasteiger partial charge < -0.3 is 9.32 Å². The third-order valence-electron chi connectivity index (χ3n) is 4.56. The van der Waals surface area contributed by atoms with Gasteiger partial charge in [0.25, 0.3) is 5.91 Å². The third-order valence-corrected chi connectivity index (χ3v) is 4.56. The molecule has 0 saturated carbocycles. The molecular formula is C20H23N3O3. The van der Waals surface area contributed by atoms with Crippen LogP contribution in [0.25, 0.3) is 22.6 Å². The highest BCUT2D eigenvalue weighted by Crippen LogP contribution is 2.25. The molecule has 1 heterocycles. The molecule has 0 aliphatic carbocycles. The second kappa shape index (κ2) is 8.12. The molecule has 6 nitrogen and oxygen atoms in total. The molecule has 0 saturated heterocycles. The molecule has 136 valence electrons. The van der Waals surface area contributed by atoms with Gasteiger partial charge in [0, 0.05) is 17.7 Å². The highest BCUT2D eigenvalue weighted by molar-refractivity contribution is 5.96. The van der Waals surface area contributed by atoms with Gasteiger partial charge in [0.15, 0.2) is 5.58 Å². The normalized spacial score (nSPS) is 11.2. The lowest BCUT2D eigenvalue weighted by Gasteiger charge is -2.17. The van der Waals surface area contributed by atoms with E-state index < -0.39 is 5.91 Å². The number of rotatable bonds is 7. The smallest absolute Gasteiger partial charge is 0.274 e. The highest BCUT2D eigenvalue weighted by Gasteiger charge is 2.11. The monoisotopic (exact) mass is 353 g/mol. The molecule has 0 spiro atoms. The van der Waals surface area contributed by atoms with Crippen LogP contribution in [0, 0.1) is 0 Å². The summed E-state index contributed by atoms with van der Waals surface area (Å²) in [5.74, 6) is -0.0640. The number of hydroxylamine groups is 1. The van der Waals surface area contributed by atoms with Crippen LogP contribution in [-0.2, 0) is 6.42 Å². The van der Waals surface area contributed by atoms with Crippen molar-refractivity contribution in [3.63, 3.8) is 0 Å². The highest BCUT2D eigenvalue weighted by atomic mass is 16.5. The molecule has 0 fully saturated rings. The number of oxazole rings is 1. The molecule has 3 aromatic rings. The van der Waals surface area contributed by atoms with E-state index in [0.717, 1.165) is 31.6 Å². The second-order valence-electron chi connectivity index (χ2n) is 6.12. The van der Waals surface area contributed by atoms with E-state index in [-0.39, 0.29) is 0 Å². The number of hydrogen-bond donors (Lipinski definition) is 2. The fourth-order valence-corrected chi connectivity index (χ4v) is 2.90. The molecule has 1 aromatic heterocycles. The maximum atomic E-state index is 11.5. The van der Waals surface area contributed by atoms with Crippen molar-refractivity contribution in [2.75, 3.05) is 19.6 Å². The Hall–Kier alpha value is -2.70. The van der Waals surface area contributed by atoms with Gasteiger partial charge in [-0.15, -0.1) is 0 Å². The van der Waals surface area contributed by atoms with E-state index in [4.69, 9.17) is 9.62 Å². The lowest BCUT2D eigenvalue weighted by atomic mass is 10.1. The molecular weight excluding hydrogens is 330 g/mol. The lowest BCUT2D eigenvalue weighted by Crippen LogP contribution is -2.25. The Balaban J connectivity index is 1.77. The van der Waals surface area contributed by atoms with Gasteiger partial charge in [0.1, 0.15) is 5.52 Å². The summed E-state index contributed by atoms with van der Waals surface area (Å²) in [5, 5.41) is 8.73. The maximum absolute atomic E-state index is 11.5. The predicted octanol–water partition coefficient (Wildman–Crippen LogP) is 3.50.